The van der Waals surface area contributed by atoms with Gasteiger partial charge in [-0.15, -0.1) is 0 Å². The number of carboxylic acids is 1. The molecule has 2 aliphatic carbocycles. The Morgan fingerprint density at radius 1 is 1.27 bits per heavy atom. The predicted octanol–water partition coefficient (Wildman–Crippen LogP) is 1.52. The second kappa shape index (κ2) is 4.56. The van der Waals surface area contributed by atoms with Gasteiger partial charge in [0.15, 0.2) is 0 Å². The summed E-state index contributed by atoms with van der Waals surface area (Å²) in [5.41, 5.74) is 0.557. The van der Waals surface area contributed by atoms with Gasteiger partial charge >= 0.3 is 11.9 Å². The normalized spacial score (nSPS) is 34.5. The summed E-state index contributed by atoms with van der Waals surface area (Å²) in [6.45, 7) is 0. The molecule has 0 radical (unpaired) electrons. The zero-order valence-corrected chi connectivity index (χ0v) is 11.7. The first-order chi connectivity index (χ1) is 10.5. The zero-order chi connectivity index (χ0) is 15.4. The molecule has 6 heteroatoms. The van der Waals surface area contributed by atoms with Gasteiger partial charge in [0.1, 0.15) is 6.10 Å². The fourth-order valence-corrected chi connectivity index (χ4v) is 4.32. The van der Waals surface area contributed by atoms with Gasteiger partial charge in [-0.3, -0.25) is 9.59 Å². The molecule has 2 saturated carbocycles. The zero-order valence-electron chi connectivity index (χ0n) is 11.7. The maximum absolute atomic E-state index is 12.6. The number of aromatic carboxylic acids is 1. The van der Waals surface area contributed by atoms with Gasteiger partial charge in [-0.25, -0.2) is 4.79 Å². The number of nitrogens with one attached hydrogen (secondary N) is 1. The molecule has 3 aliphatic rings. The minimum Gasteiger partial charge on any atom is -0.478 e. The van der Waals surface area contributed by atoms with E-state index in [0.29, 0.717) is 5.69 Å². The van der Waals surface area contributed by atoms with Crippen LogP contribution in [0.2, 0.25) is 0 Å². The summed E-state index contributed by atoms with van der Waals surface area (Å²) in [4.78, 5) is 35.4. The first kappa shape index (κ1) is 13.3. The molecule has 22 heavy (non-hydrogen) atoms. The van der Waals surface area contributed by atoms with E-state index in [1.807, 2.05) is 0 Å². The van der Waals surface area contributed by atoms with E-state index in [1.165, 1.54) is 12.1 Å². The maximum atomic E-state index is 12.6. The van der Waals surface area contributed by atoms with Crippen molar-refractivity contribution in [2.24, 2.45) is 23.7 Å². The Balaban J connectivity index is 1.55. The van der Waals surface area contributed by atoms with Crippen molar-refractivity contribution in [3.63, 3.8) is 0 Å². The first-order valence-corrected chi connectivity index (χ1v) is 7.39. The molecule has 6 nitrogen and oxygen atoms in total. The maximum Gasteiger partial charge on any atom is 0.335 e. The van der Waals surface area contributed by atoms with Crippen LogP contribution in [-0.4, -0.2) is 29.1 Å². The van der Waals surface area contributed by atoms with Crippen LogP contribution in [0.4, 0.5) is 5.69 Å². The van der Waals surface area contributed by atoms with E-state index in [9.17, 15) is 14.4 Å². The molecule has 5 atom stereocenters. The van der Waals surface area contributed by atoms with Crippen LogP contribution in [0.25, 0.3) is 0 Å². The van der Waals surface area contributed by atoms with Crippen molar-refractivity contribution in [1.82, 2.24) is 0 Å². The Bertz CT molecular complexity index is 683. The van der Waals surface area contributed by atoms with Gasteiger partial charge in [-0.1, -0.05) is 6.07 Å². The summed E-state index contributed by atoms with van der Waals surface area (Å²) >= 11 is 0. The molecule has 0 unspecified atom stereocenters. The van der Waals surface area contributed by atoms with E-state index in [-0.39, 0.29) is 47.2 Å². The van der Waals surface area contributed by atoms with Gasteiger partial charge < -0.3 is 15.2 Å². The average molecular weight is 301 g/mol. The molecule has 0 aromatic heterocycles. The molecule has 1 aromatic rings. The summed E-state index contributed by atoms with van der Waals surface area (Å²) < 4.78 is 5.32. The Labute approximate surface area is 126 Å². The number of rotatable bonds is 3. The highest BCUT2D eigenvalue weighted by Gasteiger charge is 2.63. The number of esters is 1. The topological polar surface area (TPSA) is 92.7 Å². The summed E-state index contributed by atoms with van der Waals surface area (Å²) in [6, 6.07) is 6.12. The van der Waals surface area contributed by atoms with E-state index in [4.69, 9.17) is 9.84 Å². The van der Waals surface area contributed by atoms with Crippen molar-refractivity contribution in [2.45, 2.75) is 18.9 Å². The highest BCUT2D eigenvalue weighted by atomic mass is 16.6. The number of hydrogen-bond donors (Lipinski definition) is 2. The van der Waals surface area contributed by atoms with Crippen molar-refractivity contribution >= 4 is 23.5 Å². The minimum atomic E-state index is -1.04. The lowest BCUT2D eigenvalue weighted by Crippen LogP contribution is -2.35. The minimum absolute atomic E-state index is 0.00175. The van der Waals surface area contributed by atoms with Gasteiger partial charge in [0, 0.05) is 11.6 Å². The fourth-order valence-electron chi connectivity index (χ4n) is 4.32. The van der Waals surface area contributed by atoms with Gasteiger partial charge in [-0.2, -0.15) is 0 Å². The molecule has 2 bridgehead atoms. The van der Waals surface area contributed by atoms with Crippen LogP contribution in [0.3, 0.4) is 0 Å². The van der Waals surface area contributed by atoms with Crippen LogP contribution < -0.4 is 5.32 Å². The molecule has 4 rings (SSSR count). The third-order valence-corrected chi connectivity index (χ3v) is 5.16. The number of fused-ring (bicyclic) bond motifs is 1. The number of carbonyl (C=O) groups is 3. The van der Waals surface area contributed by atoms with Crippen molar-refractivity contribution in [3.8, 4) is 0 Å². The number of benzene rings is 1. The molecule has 3 fully saturated rings. The third kappa shape index (κ3) is 1.83. The number of carboxylic acid groups (broad SMARTS) is 1. The summed E-state index contributed by atoms with van der Waals surface area (Å²) in [5.74, 6) is -1.83. The van der Waals surface area contributed by atoms with Gasteiger partial charge in [-0.05, 0) is 37.0 Å². The highest BCUT2D eigenvalue weighted by molar-refractivity contribution is 5.98. The summed E-state index contributed by atoms with van der Waals surface area (Å²) in [6.07, 6.45) is 1.64. The van der Waals surface area contributed by atoms with Gasteiger partial charge in [0.25, 0.3) is 0 Å². The first-order valence-electron chi connectivity index (χ1n) is 7.39. The monoisotopic (exact) mass is 301 g/mol. The number of ether oxygens (including phenoxy) is 1. The van der Waals surface area contributed by atoms with Crippen LogP contribution in [0.15, 0.2) is 24.3 Å². The van der Waals surface area contributed by atoms with Gasteiger partial charge in [0.05, 0.1) is 17.4 Å². The summed E-state index contributed by atoms with van der Waals surface area (Å²) in [7, 11) is 0. The number of carbonyl (C=O) groups excluding carboxylic acids is 2. The molecule has 2 N–H and O–H groups in total. The second-order valence-electron chi connectivity index (χ2n) is 6.30. The van der Waals surface area contributed by atoms with Gasteiger partial charge in [0.2, 0.25) is 5.91 Å². The van der Waals surface area contributed by atoms with E-state index >= 15 is 0 Å². The Morgan fingerprint density at radius 2 is 2.09 bits per heavy atom. The smallest absolute Gasteiger partial charge is 0.335 e. The third-order valence-electron chi connectivity index (χ3n) is 5.16. The van der Waals surface area contributed by atoms with E-state index in [0.717, 1.165) is 12.8 Å². The Hall–Kier alpha value is -2.37. The summed E-state index contributed by atoms with van der Waals surface area (Å²) in [5, 5.41) is 11.7. The molecule has 1 saturated heterocycles. The predicted molar refractivity (Wildman–Crippen MR) is 75.1 cm³/mol. The number of amides is 1. The molecule has 1 amide bonds. The quantitative estimate of drug-likeness (QED) is 0.826. The van der Waals surface area contributed by atoms with Crippen molar-refractivity contribution < 1.29 is 24.2 Å². The van der Waals surface area contributed by atoms with Crippen molar-refractivity contribution in [1.29, 1.82) is 0 Å². The van der Waals surface area contributed by atoms with Crippen LogP contribution >= 0.6 is 0 Å². The number of hydrogen-bond acceptors (Lipinski definition) is 4. The fraction of sp³-hybridized carbons (Fsp3) is 0.438. The van der Waals surface area contributed by atoms with Crippen LogP contribution in [0.5, 0.6) is 0 Å². The number of anilines is 1. The molecule has 114 valence electrons. The second-order valence-corrected chi connectivity index (χ2v) is 6.30. The molecular weight excluding hydrogens is 286 g/mol. The SMILES string of the molecule is O=C(O)c1cccc(NC(=O)[C@@H]2[C@@H]3C[C@@H]4[C@@H]2C(=O)O[C@@H]4C3)c1. The molecule has 1 aliphatic heterocycles. The van der Waals surface area contributed by atoms with E-state index in [2.05, 4.69) is 5.32 Å². The lowest BCUT2D eigenvalue weighted by molar-refractivity contribution is -0.145. The molecule has 1 aromatic carbocycles. The van der Waals surface area contributed by atoms with Crippen LogP contribution in [-0.2, 0) is 14.3 Å². The lowest BCUT2D eigenvalue weighted by Gasteiger charge is -2.23. The van der Waals surface area contributed by atoms with Crippen molar-refractivity contribution in [2.75, 3.05) is 5.32 Å². The van der Waals surface area contributed by atoms with Crippen LogP contribution in [0, 0.1) is 23.7 Å². The Kier molecular flexibility index (Phi) is 2.76. The largest absolute Gasteiger partial charge is 0.478 e. The van der Waals surface area contributed by atoms with Crippen LogP contribution in [0.1, 0.15) is 23.2 Å². The lowest BCUT2D eigenvalue weighted by atomic mass is 9.79. The molecular formula is C16H15NO5. The average Bonchev–Trinajstić information content (AvgIpc) is 3.08. The van der Waals surface area contributed by atoms with Crippen molar-refractivity contribution in [3.05, 3.63) is 29.8 Å². The standard InChI is InChI=1S/C16H15NO5/c18-14(17-9-3-1-2-7(4-9)15(19)20)12-8-5-10-11(6-8)22-16(21)13(10)12/h1-4,8,10-13H,5-6H2,(H,17,18)(H,19,20)/t8-,10+,11-,12-,13+/m1/s1. The Morgan fingerprint density at radius 3 is 2.86 bits per heavy atom. The molecule has 1 heterocycles. The van der Waals surface area contributed by atoms with E-state index in [1.54, 1.807) is 12.1 Å². The highest BCUT2D eigenvalue weighted by Crippen LogP contribution is 2.57. The van der Waals surface area contributed by atoms with E-state index < -0.39 is 5.97 Å². The molecule has 0 spiro atoms.